The van der Waals surface area contributed by atoms with Crippen molar-refractivity contribution >= 4 is 71.7 Å². The summed E-state index contributed by atoms with van der Waals surface area (Å²) in [4.78, 5) is 0. The Morgan fingerprint density at radius 1 is 1.50 bits per heavy atom. The maximum absolute atomic E-state index is 8.30. The van der Waals surface area contributed by atoms with Gasteiger partial charge in [0.1, 0.15) is 0 Å². The van der Waals surface area contributed by atoms with Gasteiger partial charge in [0.2, 0.25) is 0 Å². The molecule has 0 saturated carbocycles. The van der Waals surface area contributed by atoms with Gasteiger partial charge in [0, 0.05) is 0 Å². The van der Waals surface area contributed by atoms with Crippen LogP contribution in [0.2, 0.25) is 0 Å². The van der Waals surface area contributed by atoms with E-state index in [-0.39, 0.29) is 73.1 Å². The van der Waals surface area contributed by atoms with Crippen LogP contribution in [0.1, 0.15) is 1.43 Å². The van der Waals surface area contributed by atoms with E-state index < -0.39 is 0 Å². The van der Waals surface area contributed by atoms with Crippen LogP contribution >= 0.6 is 0 Å². The molecule has 0 spiro atoms. The van der Waals surface area contributed by atoms with Crippen LogP contribution in [-0.2, 0) is 24.3 Å². The fourth-order valence-electron chi connectivity index (χ4n) is 0. The molecular weight excluding hydrogens is 406 g/mol. The van der Waals surface area contributed by atoms with Gasteiger partial charge in [-0.25, -0.2) is 0 Å². The molecule has 0 saturated heterocycles. The second-order valence-electron chi connectivity index (χ2n) is 0. The Labute approximate surface area is 95.0 Å². The van der Waals surface area contributed by atoms with E-state index in [0.29, 0.717) is 21.0 Å². The van der Waals surface area contributed by atoms with Crippen LogP contribution in [0, 0.1) is 0 Å². The number of hydrogen-bond donors (Lipinski definition) is 0. The van der Waals surface area contributed by atoms with Crippen molar-refractivity contribution in [3.63, 3.8) is 0 Å². The van der Waals surface area contributed by atoms with E-state index in [2.05, 4.69) is 0 Å². The van der Waals surface area contributed by atoms with Crippen LogP contribution in [0.4, 0.5) is 0 Å². The molecule has 0 rings (SSSR count). The maximum atomic E-state index is 8.30. The molecule has 0 aromatic rings. The van der Waals surface area contributed by atoms with E-state index in [4.69, 9.17) is 3.25 Å². The summed E-state index contributed by atoms with van der Waals surface area (Å²) < 4.78 is 8.30. The Hall–Kier alpha value is 2.90. The van der Waals surface area contributed by atoms with E-state index in [1.54, 1.807) is 0 Å². The topological polar surface area (TPSA) is 17.1 Å². The van der Waals surface area contributed by atoms with E-state index in [0.717, 1.165) is 0 Å². The summed E-state index contributed by atoms with van der Waals surface area (Å²) in [6.07, 6.45) is 0. The van der Waals surface area contributed by atoms with Gasteiger partial charge in [-0.2, -0.15) is 0 Å². The van der Waals surface area contributed by atoms with Crippen molar-refractivity contribution in [3.05, 3.63) is 0 Å². The van der Waals surface area contributed by atoms with Crippen molar-refractivity contribution in [3.8, 4) is 0 Å². The zero-order valence-electron chi connectivity index (χ0n) is 2.56. The van der Waals surface area contributed by atoms with E-state index >= 15 is 0 Å². The normalized spacial score (nSPS) is 0.750. The summed E-state index contributed by atoms with van der Waals surface area (Å²) in [7, 11) is 0. The van der Waals surface area contributed by atoms with E-state index in [9.17, 15) is 0 Å². The summed E-state index contributed by atoms with van der Waals surface area (Å²) in [5, 5.41) is 0. The van der Waals surface area contributed by atoms with Gasteiger partial charge < -0.3 is 0 Å². The first-order valence-electron chi connectivity index (χ1n) is 0.183. The molecule has 4 heavy (non-hydrogen) atoms. The molecule has 0 radical (unpaired) electrons. The van der Waals surface area contributed by atoms with Gasteiger partial charge >= 0.3 is 97.4 Å². The van der Waals surface area contributed by atoms with Crippen LogP contribution in [0.3, 0.4) is 0 Å². The second kappa shape index (κ2) is 16.8. The summed E-state index contributed by atoms with van der Waals surface area (Å²) in [6, 6.07) is 0. The first-order chi connectivity index (χ1) is 1.00. The molecule has 0 atom stereocenters. The third-order valence-electron chi connectivity index (χ3n) is 0. The average molecular weight is 412 g/mol. The number of rotatable bonds is 0. The van der Waals surface area contributed by atoms with Crippen LogP contribution in [0.25, 0.3) is 0 Å². The van der Waals surface area contributed by atoms with Gasteiger partial charge in [-0.15, -0.1) is 0 Å². The molecule has 0 bridgehead atoms. The Morgan fingerprint density at radius 2 is 1.50 bits per heavy atom. The van der Waals surface area contributed by atoms with Gasteiger partial charge in [0.25, 0.3) is 0 Å². The van der Waals surface area contributed by atoms with Crippen molar-refractivity contribution in [2.75, 3.05) is 0 Å². The van der Waals surface area contributed by atoms with Gasteiger partial charge in [0.15, 0.2) is 0 Å². The summed E-state index contributed by atoms with van der Waals surface area (Å²) in [5.41, 5.74) is 0. The van der Waals surface area contributed by atoms with Crippen molar-refractivity contribution < 1.29 is 25.7 Å². The Bertz CT molecular complexity index is 11.6. The van der Waals surface area contributed by atoms with Crippen LogP contribution in [-0.4, -0.2) is 71.7 Å². The van der Waals surface area contributed by atoms with Crippen LogP contribution < -0.4 is 0 Å². The molecule has 0 heterocycles. The first-order valence-corrected chi connectivity index (χ1v) is 1.08. The minimum absolute atomic E-state index is 0. The monoisotopic (exact) mass is 412 g/mol. The first kappa shape index (κ1) is 15.8. The zero-order chi connectivity index (χ0) is 2.00. The average Bonchev–Trinajstić information content (AvgIpc) is 1.00. The fourth-order valence-corrected chi connectivity index (χ4v) is 0. The summed E-state index contributed by atoms with van der Waals surface area (Å²) in [5.74, 6) is 0. The summed E-state index contributed by atoms with van der Waals surface area (Å²) >= 11 is 0.500. The van der Waals surface area contributed by atoms with Crippen molar-refractivity contribution in [2.24, 2.45) is 0 Å². The zero-order valence-corrected chi connectivity index (χ0v) is 9.26. The quantitative estimate of drug-likeness (QED) is 0.417. The van der Waals surface area contributed by atoms with Gasteiger partial charge in [0.05, 0.1) is 0 Å². The molecule has 4 heteroatoms. The molecule has 1 nitrogen and oxygen atoms in total. The number of hydrogen-bond acceptors (Lipinski definition) is 1. The molecule has 0 N–H and O–H groups in total. The standard InChI is InChI=1S/Bi.Nb.O.Sr.5H/p+1. The van der Waals surface area contributed by atoms with Crippen LogP contribution in [0.15, 0.2) is 0 Å². The summed E-state index contributed by atoms with van der Waals surface area (Å²) in [6.45, 7) is 0. The Balaban J connectivity index is -0.00000000167. The Morgan fingerprint density at radius 3 is 1.50 bits per heavy atom. The van der Waals surface area contributed by atoms with Crippen molar-refractivity contribution in [1.29, 1.82) is 0 Å². The molecule has 0 aromatic heterocycles. The fraction of sp³-hybridized carbons (Fsp3) is 0. The molecule has 0 aliphatic carbocycles. The second-order valence-corrected chi connectivity index (χ2v) is 0. The van der Waals surface area contributed by atoms with E-state index in [1.165, 1.54) is 0 Å². The molecule has 0 fully saturated rings. The van der Waals surface area contributed by atoms with Crippen molar-refractivity contribution in [2.45, 2.75) is 0 Å². The molecule has 0 aliphatic rings. The predicted molar refractivity (Wildman–Crippen MR) is 20.3 cm³/mol. The molecule has 0 aliphatic heterocycles. The molecular formula is H6BiNbOSr+. The molecule has 0 aromatic carbocycles. The van der Waals surface area contributed by atoms with Gasteiger partial charge in [-0.3, -0.25) is 0 Å². The minimum atomic E-state index is 0. The predicted octanol–water partition coefficient (Wildman–Crippen LogP) is -2.11. The van der Waals surface area contributed by atoms with Crippen molar-refractivity contribution in [1.82, 2.24) is 0 Å². The van der Waals surface area contributed by atoms with Crippen LogP contribution in [0.5, 0.6) is 0 Å². The molecule has 23 valence electrons. The molecule has 0 amide bonds. The van der Waals surface area contributed by atoms with Gasteiger partial charge in [-0.05, 0) is 0 Å². The SMILES string of the molecule is [BiH3].[H+].[O]=[Nb].[SrH2]. The third-order valence-corrected chi connectivity index (χ3v) is 0. The van der Waals surface area contributed by atoms with E-state index in [1.807, 2.05) is 0 Å². The molecule has 0 unspecified atom stereocenters. The third kappa shape index (κ3) is 8.86. The Kier molecular flexibility index (Phi) is 66.5. The van der Waals surface area contributed by atoms with Gasteiger partial charge in [-0.1, -0.05) is 0 Å².